The minimum absolute atomic E-state index is 0. The van der Waals surface area contributed by atoms with E-state index in [9.17, 15) is 18.1 Å². The first kappa shape index (κ1) is 20.1. The van der Waals surface area contributed by atoms with Gasteiger partial charge in [0.1, 0.15) is 10.1 Å². The van der Waals surface area contributed by atoms with E-state index in [-0.39, 0.29) is 40.2 Å². The molecule has 0 spiro atoms. The van der Waals surface area contributed by atoms with E-state index in [1.807, 2.05) is 0 Å². The van der Waals surface area contributed by atoms with Crippen molar-refractivity contribution in [3.63, 3.8) is 0 Å². The van der Waals surface area contributed by atoms with E-state index < -0.39 is 10.1 Å². The van der Waals surface area contributed by atoms with E-state index in [0.29, 0.717) is 21.5 Å². The van der Waals surface area contributed by atoms with Crippen LogP contribution in [0.15, 0.2) is 50.8 Å². The van der Waals surface area contributed by atoms with Crippen LogP contribution >= 0.6 is 15.9 Å². The maximum atomic E-state index is 10.8. The van der Waals surface area contributed by atoms with Gasteiger partial charge in [0.2, 0.25) is 0 Å². The minimum Gasteiger partial charge on any atom is -0.744 e. The molecule has 0 saturated heterocycles. The van der Waals surface area contributed by atoms with Crippen molar-refractivity contribution in [2.45, 2.75) is 4.90 Å². The number of nitrogens with zero attached hydrogens (tertiary/aromatic N) is 1. The zero-order chi connectivity index (χ0) is 16.3. The van der Waals surface area contributed by atoms with Gasteiger partial charge in [0.15, 0.2) is 11.5 Å². The van der Waals surface area contributed by atoms with Crippen LogP contribution in [0.1, 0.15) is 5.56 Å². The predicted octanol–water partition coefficient (Wildman–Crippen LogP) is -0.178. The van der Waals surface area contributed by atoms with E-state index in [2.05, 4.69) is 20.9 Å². The summed E-state index contributed by atoms with van der Waals surface area (Å²) in [5, 5.41) is 9.98. The molecule has 0 radical (unpaired) electrons. The summed E-state index contributed by atoms with van der Waals surface area (Å²) in [6.45, 7) is 0. The first-order valence-electron chi connectivity index (χ1n) is 5.98. The fraction of sp³-hybridized carbons (Fsp3) is 0.0714. The van der Waals surface area contributed by atoms with E-state index >= 15 is 0 Å². The van der Waals surface area contributed by atoms with Crippen LogP contribution in [0.4, 0.5) is 5.69 Å². The molecular weight excluding hydrogens is 397 g/mol. The van der Waals surface area contributed by atoms with Crippen molar-refractivity contribution in [3.05, 3.63) is 46.4 Å². The molecule has 23 heavy (non-hydrogen) atoms. The summed E-state index contributed by atoms with van der Waals surface area (Å²) in [6, 6.07) is 8.41. The number of phenols is 1. The SMILES string of the molecule is COc1cc(Br)cc(C=Nc2ccc(S(=O)(=O)[O-])cc2)c1O.[Na+]. The maximum absolute atomic E-state index is 10.8. The average Bonchev–Trinajstić information content (AvgIpc) is 2.47. The maximum Gasteiger partial charge on any atom is 1.00 e. The second-order valence-electron chi connectivity index (χ2n) is 4.25. The Morgan fingerprint density at radius 2 is 1.87 bits per heavy atom. The molecule has 0 aliphatic rings. The van der Waals surface area contributed by atoms with Crippen molar-refractivity contribution in [1.29, 1.82) is 0 Å². The molecule has 2 rings (SSSR count). The van der Waals surface area contributed by atoms with Crippen LogP contribution in [0, 0.1) is 0 Å². The average molecular weight is 408 g/mol. The van der Waals surface area contributed by atoms with Crippen LogP contribution in [-0.4, -0.2) is 31.4 Å². The van der Waals surface area contributed by atoms with Crippen LogP contribution in [0.5, 0.6) is 11.5 Å². The zero-order valence-electron chi connectivity index (χ0n) is 12.4. The fourth-order valence-corrected chi connectivity index (χ4v) is 2.62. The van der Waals surface area contributed by atoms with Gasteiger partial charge in [-0.2, -0.15) is 0 Å². The number of ether oxygens (including phenoxy) is 1. The summed E-state index contributed by atoms with van der Waals surface area (Å²) in [5.74, 6) is 0.233. The molecule has 116 valence electrons. The molecule has 0 aliphatic heterocycles. The molecule has 0 bridgehead atoms. The van der Waals surface area contributed by atoms with Crippen LogP contribution in [0.2, 0.25) is 0 Å². The monoisotopic (exact) mass is 407 g/mol. The van der Waals surface area contributed by atoms with Gasteiger partial charge in [-0.3, -0.25) is 4.99 Å². The molecule has 0 unspecified atom stereocenters. The predicted molar refractivity (Wildman–Crippen MR) is 84.0 cm³/mol. The Balaban J connectivity index is 0.00000264. The number of rotatable bonds is 4. The summed E-state index contributed by atoms with van der Waals surface area (Å²) >= 11 is 3.29. The largest absolute Gasteiger partial charge is 1.00 e. The Kier molecular flexibility index (Phi) is 7.25. The van der Waals surface area contributed by atoms with E-state index in [4.69, 9.17) is 4.74 Å². The third-order valence-electron chi connectivity index (χ3n) is 2.77. The van der Waals surface area contributed by atoms with Gasteiger partial charge in [0.05, 0.1) is 17.7 Å². The van der Waals surface area contributed by atoms with Gasteiger partial charge in [0.25, 0.3) is 0 Å². The molecule has 0 aromatic heterocycles. The molecule has 0 heterocycles. The Hall–Kier alpha value is -0.900. The third-order valence-corrected chi connectivity index (χ3v) is 4.07. The summed E-state index contributed by atoms with van der Waals surface area (Å²) in [4.78, 5) is 3.80. The Morgan fingerprint density at radius 3 is 2.39 bits per heavy atom. The molecule has 0 fully saturated rings. The number of aromatic hydroxyl groups is 1. The topological polar surface area (TPSA) is 99.0 Å². The number of methoxy groups -OCH3 is 1. The Labute approximate surface area is 164 Å². The summed E-state index contributed by atoms with van der Waals surface area (Å²) < 4.78 is 38.2. The molecular formula is C14H11BrNNaO5S. The summed E-state index contributed by atoms with van der Waals surface area (Å²) in [7, 11) is -3.04. The smallest absolute Gasteiger partial charge is 0.744 e. The van der Waals surface area contributed by atoms with E-state index in [1.165, 1.54) is 37.6 Å². The second-order valence-corrected chi connectivity index (χ2v) is 6.55. The molecule has 0 atom stereocenters. The molecule has 9 heteroatoms. The zero-order valence-corrected chi connectivity index (χ0v) is 16.8. The fourth-order valence-electron chi connectivity index (χ4n) is 1.69. The van der Waals surface area contributed by atoms with Crippen LogP contribution in [-0.2, 0) is 10.1 Å². The van der Waals surface area contributed by atoms with Gasteiger partial charge in [-0.05, 0) is 36.4 Å². The molecule has 1 N–H and O–H groups in total. The number of hydrogen-bond donors (Lipinski definition) is 1. The van der Waals surface area contributed by atoms with Crippen molar-refractivity contribution in [2.24, 2.45) is 4.99 Å². The Morgan fingerprint density at radius 1 is 1.26 bits per heavy atom. The van der Waals surface area contributed by atoms with Crippen LogP contribution < -0.4 is 34.3 Å². The minimum atomic E-state index is -4.47. The van der Waals surface area contributed by atoms with Gasteiger partial charge in [-0.15, -0.1) is 0 Å². The summed E-state index contributed by atoms with van der Waals surface area (Å²) in [5.41, 5.74) is 0.859. The van der Waals surface area contributed by atoms with Crippen LogP contribution in [0.25, 0.3) is 0 Å². The van der Waals surface area contributed by atoms with Gasteiger partial charge in [0, 0.05) is 16.3 Å². The molecule has 2 aromatic rings. The first-order valence-corrected chi connectivity index (χ1v) is 8.18. The molecule has 0 saturated carbocycles. The van der Waals surface area contributed by atoms with E-state index in [0.717, 1.165) is 0 Å². The number of halogens is 1. The molecule has 6 nitrogen and oxygen atoms in total. The van der Waals surface area contributed by atoms with Crippen LogP contribution in [0.3, 0.4) is 0 Å². The second kappa shape index (κ2) is 8.27. The first-order chi connectivity index (χ1) is 10.3. The van der Waals surface area contributed by atoms with Crippen molar-refractivity contribution >= 4 is 38.0 Å². The van der Waals surface area contributed by atoms with Crippen molar-refractivity contribution in [3.8, 4) is 11.5 Å². The summed E-state index contributed by atoms with van der Waals surface area (Å²) in [6.07, 6.45) is 1.41. The van der Waals surface area contributed by atoms with Gasteiger partial charge in [-0.1, -0.05) is 15.9 Å². The van der Waals surface area contributed by atoms with Gasteiger partial charge >= 0.3 is 29.6 Å². The third kappa shape index (κ3) is 5.30. The van der Waals surface area contributed by atoms with Gasteiger partial charge < -0.3 is 14.4 Å². The normalized spacial score (nSPS) is 11.3. The molecule has 0 aliphatic carbocycles. The van der Waals surface area contributed by atoms with E-state index in [1.54, 1.807) is 12.1 Å². The number of phenolic OH excluding ortho intramolecular Hbond substituents is 1. The van der Waals surface area contributed by atoms with Crippen molar-refractivity contribution in [2.75, 3.05) is 7.11 Å². The standard InChI is InChI=1S/C14H12BrNO5S.Na/c1-21-13-7-10(15)6-9(14(13)17)8-16-11-2-4-12(5-3-11)22(18,19)20;/h2-8,17H,1H3,(H,18,19,20);/q;+1/p-1. The Bertz CT molecular complexity index is 822. The molecule has 2 aromatic carbocycles. The van der Waals surface area contributed by atoms with Crippen molar-refractivity contribution in [1.82, 2.24) is 0 Å². The number of benzene rings is 2. The molecule has 0 amide bonds. The number of hydrogen-bond acceptors (Lipinski definition) is 6. The quantitative estimate of drug-likeness (QED) is 0.430. The number of aliphatic imine (C=N–C) groups is 1. The van der Waals surface area contributed by atoms with Crippen molar-refractivity contribution < 1.29 is 52.4 Å². The van der Waals surface area contributed by atoms with Gasteiger partial charge in [-0.25, -0.2) is 8.42 Å².